The van der Waals surface area contributed by atoms with Crippen LogP contribution in [0.4, 0.5) is 25.1 Å². The number of carbonyl (C=O) groups excluding carboxylic acids is 2. The summed E-state index contributed by atoms with van der Waals surface area (Å²) in [4.78, 5) is 22.7. The Balaban J connectivity index is 2.05. The van der Waals surface area contributed by atoms with Crippen LogP contribution >= 0.6 is 10.2 Å². The van der Waals surface area contributed by atoms with E-state index in [9.17, 15) is 29.0 Å². The number of nitrogens with zero attached hydrogens (tertiary/aromatic N) is 3. The molecule has 0 unspecified atom stereocenters. The van der Waals surface area contributed by atoms with Crippen molar-refractivity contribution in [3.8, 4) is 0 Å². The first-order valence-corrected chi connectivity index (χ1v) is 10.8. The lowest BCUT2D eigenvalue weighted by atomic mass is 10.1. The van der Waals surface area contributed by atoms with Gasteiger partial charge in [0, 0.05) is 23.4 Å². The van der Waals surface area contributed by atoms with E-state index in [0.29, 0.717) is 0 Å². The van der Waals surface area contributed by atoms with E-state index in [-0.39, 0.29) is 35.6 Å². The van der Waals surface area contributed by atoms with Gasteiger partial charge in [-0.2, -0.15) is 0 Å². The second kappa shape index (κ2) is 6.90. The molecule has 2 aromatic heterocycles. The Bertz CT molecular complexity index is 1200. The lowest BCUT2D eigenvalue weighted by Crippen LogP contribution is -2.24. The number of anilines is 1. The first-order chi connectivity index (χ1) is 14.2. The predicted molar refractivity (Wildman–Crippen MR) is 103 cm³/mol. The minimum atomic E-state index is -10.0. The topological polar surface area (TPSA) is 77.3 Å². The van der Waals surface area contributed by atoms with Crippen LogP contribution in [0.2, 0.25) is 0 Å². The molecule has 0 saturated carbocycles. The zero-order chi connectivity index (χ0) is 23.1. The van der Waals surface area contributed by atoms with Gasteiger partial charge >= 0.3 is 16.2 Å². The molecule has 1 aromatic carbocycles. The van der Waals surface area contributed by atoms with Gasteiger partial charge in [-0.15, -0.1) is 0 Å². The van der Waals surface area contributed by atoms with Crippen molar-refractivity contribution < 1.29 is 38.2 Å². The third-order valence-electron chi connectivity index (χ3n) is 4.31. The van der Waals surface area contributed by atoms with Gasteiger partial charge in [0.05, 0.1) is 12.8 Å². The van der Waals surface area contributed by atoms with Crippen LogP contribution in [-0.2, 0) is 11.3 Å². The van der Waals surface area contributed by atoms with Gasteiger partial charge in [-0.05, 0) is 37.3 Å². The summed E-state index contributed by atoms with van der Waals surface area (Å²) in [6.07, 6.45) is 2.83. The number of benzene rings is 1. The minimum absolute atomic E-state index is 0.0753. The number of esters is 1. The third kappa shape index (κ3) is 4.76. The van der Waals surface area contributed by atoms with Crippen LogP contribution in [-0.4, -0.2) is 35.2 Å². The van der Waals surface area contributed by atoms with Crippen LogP contribution in [0.5, 0.6) is 0 Å². The Kier molecular flexibility index (Phi) is 5.00. The number of hydrogen-bond donors (Lipinski definition) is 1. The van der Waals surface area contributed by atoms with E-state index in [0.717, 1.165) is 10.7 Å². The number of carbonyl (C=O) groups is 2. The van der Waals surface area contributed by atoms with E-state index >= 15 is 0 Å². The van der Waals surface area contributed by atoms with Crippen molar-refractivity contribution in [3.63, 3.8) is 0 Å². The molecule has 0 fully saturated rings. The van der Waals surface area contributed by atoms with E-state index in [4.69, 9.17) is 4.74 Å². The number of fused-ring (bicyclic) bond motifs is 1. The summed E-state index contributed by atoms with van der Waals surface area (Å²) in [5.41, 5.74) is -0.656. The highest BCUT2D eigenvalue weighted by atomic mass is 32.5. The lowest BCUT2D eigenvalue weighted by molar-refractivity contribution is -0.512. The monoisotopic (exact) mass is 465 g/mol. The van der Waals surface area contributed by atoms with Crippen LogP contribution in [0.1, 0.15) is 27.6 Å². The van der Waals surface area contributed by atoms with Crippen LogP contribution in [0.15, 0.2) is 47.8 Å². The Morgan fingerprint density at radius 3 is 2.52 bits per heavy atom. The Hall–Kier alpha value is -3.22. The summed E-state index contributed by atoms with van der Waals surface area (Å²) in [6.45, 7) is 1.11. The predicted octanol–water partition coefficient (Wildman–Crippen LogP) is 4.38. The minimum Gasteiger partial charge on any atom is -0.462 e. The number of ketones is 1. The number of rotatable bonds is 7. The van der Waals surface area contributed by atoms with Crippen molar-refractivity contribution in [3.05, 3.63) is 54.0 Å². The molecule has 168 valence electrons. The number of hydrogen-bond acceptors (Lipinski definition) is 5. The maximum absolute atomic E-state index is 13.3. The number of aromatic nitrogens is 3. The second-order valence-corrected chi connectivity index (χ2v) is 8.96. The highest BCUT2D eigenvalue weighted by molar-refractivity contribution is 8.45. The van der Waals surface area contributed by atoms with Gasteiger partial charge in [0.25, 0.3) is 12.0 Å². The molecule has 0 atom stereocenters. The van der Waals surface area contributed by atoms with Crippen molar-refractivity contribution in [1.82, 2.24) is 9.78 Å². The number of halogens is 5. The number of Topliss-reactive ketones (excluding diaryl/α,β-unsaturated/α-hetero) is 1. The van der Waals surface area contributed by atoms with E-state index in [2.05, 4.69) is 10.4 Å². The Labute approximate surface area is 173 Å². The van der Waals surface area contributed by atoms with Crippen molar-refractivity contribution in [2.75, 3.05) is 19.0 Å². The average Bonchev–Trinajstić information content (AvgIpc) is 3.09. The molecular weight excluding hydrogens is 447 g/mol. The lowest BCUT2D eigenvalue weighted by Gasteiger charge is -2.40. The molecule has 31 heavy (non-hydrogen) atoms. The maximum atomic E-state index is 13.3. The van der Waals surface area contributed by atoms with Gasteiger partial charge < -0.3 is 10.1 Å². The first-order valence-electron chi connectivity index (χ1n) is 8.86. The van der Waals surface area contributed by atoms with Crippen LogP contribution in [0.3, 0.4) is 0 Å². The fraction of sp³-hybridized carbons (Fsp3) is 0.222. The summed E-state index contributed by atoms with van der Waals surface area (Å²) in [7, 11) is -8.78. The fourth-order valence-electron chi connectivity index (χ4n) is 2.89. The highest BCUT2D eigenvalue weighted by Gasteiger charge is 2.65. The maximum Gasteiger partial charge on any atom is 0.345 e. The van der Waals surface area contributed by atoms with Crippen molar-refractivity contribution in [2.24, 2.45) is 0 Å². The largest absolute Gasteiger partial charge is 0.462 e. The molecule has 7 nitrogen and oxygen atoms in total. The van der Waals surface area contributed by atoms with E-state index in [1.807, 2.05) is 0 Å². The SMILES string of the molecule is CCOC(=O)c1ccc[n+]2cnn(CC(=O)c3cc(NC)cc(S(F)(F)(F)(F)F)c3)c12. The zero-order valence-electron chi connectivity index (χ0n) is 16.3. The van der Waals surface area contributed by atoms with Gasteiger partial charge in [-0.3, -0.25) is 4.79 Å². The second-order valence-electron chi connectivity index (χ2n) is 6.55. The molecule has 0 aliphatic carbocycles. The number of pyridine rings is 1. The van der Waals surface area contributed by atoms with Crippen molar-refractivity contribution in [1.29, 1.82) is 0 Å². The van der Waals surface area contributed by atoms with Crippen LogP contribution in [0.25, 0.3) is 5.65 Å². The van der Waals surface area contributed by atoms with Gasteiger partial charge in [0.15, 0.2) is 6.54 Å². The fourth-order valence-corrected chi connectivity index (χ4v) is 3.59. The Morgan fingerprint density at radius 1 is 1.19 bits per heavy atom. The molecule has 0 aliphatic heterocycles. The van der Waals surface area contributed by atoms with Crippen molar-refractivity contribution in [2.45, 2.75) is 18.4 Å². The molecule has 0 radical (unpaired) electrons. The summed E-state index contributed by atoms with van der Waals surface area (Å²) in [5.74, 6) is -1.60. The van der Waals surface area contributed by atoms with Crippen LogP contribution in [0, 0.1) is 0 Å². The van der Waals surface area contributed by atoms with Crippen molar-refractivity contribution >= 4 is 33.3 Å². The van der Waals surface area contributed by atoms with Gasteiger partial charge in [-0.1, -0.05) is 24.1 Å². The van der Waals surface area contributed by atoms with E-state index in [1.165, 1.54) is 23.8 Å². The normalized spacial score (nSPS) is 14.0. The smallest absolute Gasteiger partial charge is 0.345 e. The molecule has 13 heteroatoms. The quantitative estimate of drug-likeness (QED) is 0.243. The standard InChI is InChI=1S/C18H18F5N4O3S/c1-3-30-18(29)15-5-4-6-26-11-25-27(17(15)26)10-16(28)12-7-13(24-2)9-14(8-12)31(19,20,21,22)23/h4-9,11,24H,3,10H2,1-2H3/q+1. The molecule has 0 saturated heterocycles. The summed E-state index contributed by atoms with van der Waals surface area (Å²) in [5, 5.41) is 6.32. The van der Waals surface area contributed by atoms with Gasteiger partial charge in [0.1, 0.15) is 10.5 Å². The zero-order valence-corrected chi connectivity index (χ0v) is 17.1. The molecule has 0 spiro atoms. The van der Waals surface area contributed by atoms with E-state index in [1.54, 1.807) is 19.2 Å². The summed E-state index contributed by atoms with van der Waals surface area (Å²) < 4.78 is 73.9. The molecular formula is C18H18F5N4O3S+. The Morgan fingerprint density at radius 2 is 1.90 bits per heavy atom. The molecule has 2 heterocycles. The van der Waals surface area contributed by atoms with Gasteiger partial charge in [-0.25, -0.2) is 9.20 Å². The third-order valence-corrected chi connectivity index (χ3v) is 5.43. The number of nitrogens with one attached hydrogen (secondary N) is 1. The summed E-state index contributed by atoms with van der Waals surface area (Å²) >= 11 is 0. The number of ether oxygens (including phenoxy) is 1. The molecule has 3 aromatic rings. The first kappa shape index (κ1) is 22.5. The summed E-state index contributed by atoms with van der Waals surface area (Å²) in [6, 6.07) is 4.38. The molecule has 0 bridgehead atoms. The highest BCUT2D eigenvalue weighted by Crippen LogP contribution is 3.02. The molecule has 1 N–H and O–H groups in total. The molecule has 3 rings (SSSR count). The average molecular weight is 465 g/mol. The van der Waals surface area contributed by atoms with E-state index < -0.39 is 39.0 Å². The molecule has 0 aliphatic rings. The molecule has 0 amide bonds. The van der Waals surface area contributed by atoms with Crippen LogP contribution < -0.4 is 9.72 Å². The van der Waals surface area contributed by atoms with Gasteiger partial charge in [0.2, 0.25) is 5.78 Å².